The van der Waals surface area contributed by atoms with Gasteiger partial charge in [0.05, 0.1) is 26.4 Å². The van der Waals surface area contributed by atoms with Gasteiger partial charge in [-0.15, -0.1) is 0 Å². The number of aliphatic hydroxyl groups excluding tert-OH is 1. The monoisotopic (exact) mass is 1580 g/mol. The standard InChI is InChI=1S/C91H148O17P2/c1-5-9-13-17-21-25-29-33-37-41-42-46-48-52-56-60-64-68-72-76-89(94)102-82-87(108-91(96)78-74-70-66-62-58-54-50-45-40-36-32-28-24-20-16-12-8-4)84-106-110(99,100)104-80-85(92)79-103-109(97,98)105-83-86(107-90(95)77-73-69-65-61-57-53-49-44-39-35-31-27-23-19-15-11-7-3)81-101-88(93)75-71-67-63-59-55-51-47-43-38-34-30-26-22-18-14-10-6-2/h9-16,21-28,33-40,42,46-47,51-52,56,85-87,92H,5-8,17-20,29-32,41,43-45,48-50,53-55,57-84H2,1-4H3,(H,97,98)(H,99,100)/b13-9-,14-10-,15-11-,16-12-,25-21-,26-22-,27-23-,28-24-,37-33-,38-34-,39-35-,40-36-,46-42-,51-47-,56-52-. The molecule has 5 unspecified atom stereocenters. The summed E-state index contributed by atoms with van der Waals surface area (Å²) in [6.45, 7) is 4.35. The van der Waals surface area contributed by atoms with Crippen LogP contribution in [-0.4, -0.2) is 96.7 Å². The van der Waals surface area contributed by atoms with Gasteiger partial charge in [-0.2, -0.15) is 0 Å². The van der Waals surface area contributed by atoms with Crippen molar-refractivity contribution in [1.82, 2.24) is 0 Å². The van der Waals surface area contributed by atoms with Gasteiger partial charge in [0.15, 0.2) is 12.2 Å². The van der Waals surface area contributed by atoms with Crippen LogP contribution in [0.25, 0.3) is 0 Å². The van der Waals surface area contributed by atoms with Gasteiger partial charge in [-0.3, -0.25) is 37.3 Å². The van der Waals surface area contributed by atoms with E-state index in [1.807, 2.05) is 0 Å². The molecule has 0 radical (unpaired) electrons. The van der Waals surface area contributed by atoms with Crippen molar-refractivity contribution >= 4 is 39.5 Å². The van der Waals surface area contributed by atoms with Crippen molar-refractivity contribution in [3.05, 3.63) is 182 Å². The Bertz CT molecular complexity index is 2800. The molecule has 17 nitrogen and oxygen atoms in total. The lowest BCUT2D eigenvalue weighted by molar-refractivity contribution is -0.161. The second-order valence-corrected chi connectivity index (χ2v) is 30.1. The quantitative estimate of drug-likeness (QED) is 0.0169. The van der Waals surface area contributed by atoms with Crippen molar-refractivity contribution in [2.24, 2.45) is 0 Å². The number of hydrogen-bond acceptors (Lipinski definition) is 15. The normalized spacial score (nSPS) is 14.7. The third-order valence-electron chi connectivity index (χ3n) is 16.9. The van der Waals surface area contributed by atoms with Crippen LogP contribution in [0.3, 0.4) is 0 Å². The van der Waals surface area contributed by atoms with Crippen LogP contribution in [0.2, 0.25) is 0 Å². The molecule has 0 aromatic heterocycles. The molecule has 0 saturated carbocycles. The molecule has 19 heteroatoms. The average molecular weight is 1580 g/mol. The molecule has 0 spiro atoms. The van der Waals surface area contributed by atoms with Gasteiger partial charge < -0.3 is 33.8 Å². The highest BCUT2D eigenvalue weighted by Gasteiger charge is 2.30. The van der Waals surface area contributed by atoms with Crippen molar-refractivity contribution in [2.45, 2.75) is 329 Å². The predicted octanol–water partition coefficient (Wildman–Crippen LogP) is 25.1. The number of unbranched alkanes of at least 4 members (excludes halogenated alkanes) is 21. The smallest absolute Gasteiger partial charge is 0.462 e. The lowest BCUT2D eigenvalue weighted by Crippen LogP contribution is -2.30. The van der Waals surface area contributed by atoms with Gasteiger partial charge in [0, 0.05) is 25.7 Å². The number of ether oxygens (including phenoxy) is 4. The Balaban J connectivity index is 5.47. The third-order valence-corrected chi connectivity index (χ3v) is 18.8. The minimum absolute atomic E-state index is 0.0689. The van der Waals surface area contributed by atoms with Gasteiger partial charge in [-0.25, -0.2) is 9.13 Å². The molecule has 3 N–H and O–H groups in total. The molecule has 0 saturated heterocycles. The molecule has 0 aliphatic carbocycles. The number of aliphatic hydroxyl groups is 1. The molecule has 0 aliphatic heterocycles. The zero-order chi connectivity index (χ0) is 80.3. The van der Waals surface area contributed by atoms with Gasteiger partial charge in [0.2, 0.25) is 0 Å². The summed E-state index contributed by atoms with van der Waals surface area (Å²) in [6.07, 6.45) is 98.5. The van der Waals surface area contributed by atoms with E-state index in [2.05, 4.69) is 210 Å². The summed E-state index contributed by atoms with van der Waals surface area (Å²) in [4.78, 5) is 73.3. The van der Waals surface area contributed by atoms with E-state index >= 15 is 0 Å². The number of hydrogen-bond donors (Lipinski definition) is 3. The van der Waals surface area contributed by atoms with Crippen LogP contribution in [0, 0.1) is 0 Å². The van der Waals surface area contributed by atoms with Crippen molar-refractivity contribution in [3.8, 4) is 0 Å². The minimum atomic E-state index is -5.00. The van der Waals surface area contributed by atoms with Gasteiger partial charge in [-0.05, 0) is 173 Å². The van der Waals surface area contributed by atoms with E-state index in [0.717, 1.165) is 231 Å². The summed E-state index contributed by atoms with van der Waals surface area (Å²) in [6, 6.07) is 0. The highest BCUT2D eigenvalue weighted by Crippen LogP contribution is 2.45. The fraction of sp³-hybridized carbons (Fsp3) is 0.626. The maximum absolute atomic E-state index is 13.1. The molecule has 0 aliphatic rings. The van der Waals surface area contributed by atoms with Gasteiger partial charge in [0.1, 0.15) is 19.3 Å². The lowest BCUT2D eigenvalue weighted by atomic mass is 10.1. The number of rotatable bonds is 77. The Labute approximate surface area is 666 Å². The molecule has 0 bridgehead atoms. The largest absolute Gasteiger partial charge is 0.472 e. The fourth-order valence-corrected chi connectivity index (χ4v) is 12.2. The van der Waals surface area contributed by atoms with Crippen LogP contribution in [-0.2, 0) is 65.4 Å². The summed E-state index contributed by atoms with van der Waals surface area (Å²) in [5.41, 5.74) is 0. The van der Waals surface area contributed by atoms with Crippen LogP contribution in [0.4, 0.5) is 0 Å². The number of esters is 4. The van der Waals surface area contributed by atoms with Crippen molar-refractivity contribution in [2.75, 3.05) is 39.6 Å². The Morgan fingerprint density at radius 1 is 0.255 bits per heavy atom. The van der Waals surface area contributed by atoms with E-state index in [4.69, 9.17) is 37.0 Å². The molecule has 0 aromatic carbocycles. The van der Waals surface area contributed by atoms with Gasteiger partial charge in [-0.1, -0.05) is 293 Å². The second-order valence-electron chi connectivity index (χ2n) is 27.2. The Kier molecular flexibility index (Phi) is 76.9. The SMILES string of the molecule is CC/C=C\C/C=C\C/C=C\C/C=C\C/C=C\CCCCCC(=O)OCC(COP(=O)(O)OCC(O)COP(=O)(O)OCC(COC(=O)CCCCCC/C=C\C/C=C\C/C=C\C/C=C\CC)OC(=O)CCCCCCCCC/C=C\C/C=C\C/C=C\CC)OC(=O)CCCCCCCCC/C=C\C/C=C\C/C=C\CC. The molecular formula is C91H148O17P2. The minimum Gasteiger partial charge on any atom is -0.462 e. The van der Waals surface area contributed by atoms with Crippen LogP contribution in [0.1, 0.15) is 310 Å². The summed E-state index contributed by atoms with van der Waals surface area (Å²) >= 11 is 0. The van der Waals surface area contributed by atoms with Crippen LogP contribution < -0.4 is 0 Å². The van der Waals surface area contributed by atoms with Crippen LogP contribution in [0.15, 0.2) is 182 Å². The first-order valence-electron chi connectivity index (χ1n) is 42.0. The zero-order valence-electron chi connectivity index (χ0n) is 68.4. The van der Waals surface area contributed by atoms with Crippen LogP contribution >= 0.6 is 15.6 Å². The molecule has 0 heterocycles. The molecular weight excluding hydrogens is 1430 g/mol. The van der Waals surface area contributed by atoms with E-state index in [1.165, 1.54) is 0 Å². The number of allylic oxidation sites excluding steroid dienone is 30. The predicted molar refractivity (Wildman–Crippen MR) is 454 cm³/mol. The highest BCUT2D eigenvalue weighted by molar-refractivity contribution is 7.47. The Hall–Kier alpha value is -5.84. The van der Waals surface area contributed by atoms with E-state index in [0.29, 0.717) is 25.7 Å². The summed E-state index contributed by atoms with van der Waals surface area (Å²) in [5, 5.41) is 10.7. The molecule has 0 fully saturated rings. The summed E-state index contributed by atoms with van der Waals surface area (Å²) < 4.78 is 68.8. The molecule has 624 valence electrons. The molecule has 0 aromatic rings. The van der Waals surface area contributed by atoms with Crippen LogP contribution in [0.5, 0.6) is 0 Å². The Morgan fingerprint density at radius 2 is 0.445 bits per heavy atom. The number of phosphoric ester groups is 2. The maximum Gasteiger partial charge on any atom is 0.472 e. The van der Waals surface area contributed by atoms with Crippen molar-refractivity contribution in [3.63, 3.8) is 0 Å². The number of carbonyl (C=O) groups is 4. The first-order chi connectivity index (χ1) is 53.7. The second kappa shape index (κ2) is 81.2. The van der Waals surface area contributed by atoms with E-state index in [9.17, 15) is 43.2 Å². The van der Waals surface area contributed by atoms with E-state index in [1.54, 1.807) is 0 Å². The van der Waals surface area contributed by atoms with Crippen molar-refractivity contribution < 1.29 is 80.2 Å². The summed E-state index contributed by atoms with van der Waals surface area (Å²) in [5.74, 6) is -2.27. The van der Waals surface area contributed by atoms with E-state index in [-0.39, 0.29) is 25.7 Å². The first-order valence-corrected chi connectivity index (χ1v) is 45.0. The Morgan fingerprint density at radius 3 is 0.691 bits per heavy atom. The lowest BCUT2D eigenvalue weighted by Gasteiger charge is -2.21. The summed E-state index contributed by atoms with van der Waals surface area (Å²) in [7, 11) is -10.0. The van der Waals surface area contributed by atoms with Gasteiger partial charge in [0.25, 0.3) is 0 Å². The maximum atomic E-state index is 13.1. The highest BCUT2D eigenvalue weighted by atomic mass is 31.2. The average Bonchev–Trinajstić information content (AvgIpc) is 0.906. The van der Waals surface area contributed by atoms with Crippen molar-refractivity contribution in [1.29, 1.82) is 0 Å². The fourth-order valence-electron chi connectivity index (χ4n) is 10.6. The number of phosphoric acid groups is 2. The molecule has 0 rings (SSSR count). The molecule has 5 atom stereocenters. The molecule has 110 heavy (non-hydrogen) atoms. The van der Waals surface area contributed by atoms with Gasteiger partial charge >= 0.3 is 39.5 Å². The number of carbonyl (C=O) groups excluding carboxylic acids is 4. The topological polar surface area (TPSA) is 237 Å². The zero-order valence-corrected chi connectivity index (χ0v) is 70.1. The third kappa shape index (κ3) is 80.2. The first kappa shape index (κ1) is 104. The molecule has 0 amide bonds. The van der Waals surface area contributed by atoms with E-state index < -0.39 is 97.5 Å².